The summed E-state index contributed by atoms with van der Waals surface area (Å²) in [4.78, 5) is 0. The van der Waals surface area contributed by atoms with Crippen molar-refractivity contribution < 1.29 is 5.11 Å². The molecule has 0 bridgehead atoms. The maximum Gasteiger partial charge on any atom is 0.129 e. The predicted molar refractivity (Wildman–Crippen MR) is 65.0 cm³/mol. The minimum absolute atomic E-state index is 0.0385. The lowest BCUT2D eigenvalue weighted by Gasteiger charge is -2.32. The van der Waals surface area contributed by atoms with Crippen LogP contribution < -0.4 is 5.73 Å². The quantitative estimate of drug-likeness (QED) is 0.868. The largest absolute Gasteiger partial charge is 0.507 e. The second-order valence-corrected chi connectivity index (χ2v) is 5.80. The van der Waals surface area contributed by atoms with E-state index in [0.29, 0.717) is 0 Å². The Morgan fingerprint density at radius 2 is 2.00 bits per heavy atom. The van der Waals surface area contributed by atoms with Crippen LogP contribution in [0.25, 0.3) is 0 Å². The van der Waals surface area contributed by atoms with Gasteiger partial charge < -0.3 is 10.8 Å². The molecule has 2 rings (SSSR count). The molecule has 0 unspecified atom stereocenters. The Balaban J connectivity index is 2.41. The molecule has 2 nitrogen and oxygen atoms in total. The molecule has 82 valence electrons. The first kappa shape index (κ1) is 11.0. The van der Waals surface area contributed by atoms with Gasteiger partial charge in [0.05, 0.1) is 4.47 Å². The number of hydrogen-bond donors (Lipinski definition) is 2. The molecule has 0 heterocycles. The summed E-state index contributed by atoms with van der Waals surface area (Å²) in [6.45, 7) is 4.33. The van der Waals surface area contributed by atoms with Crippen LogP contribution in [0.1, 0.15) is 32.3 Å². The normalized spacial score (nSPS) is 18.9. The Bertz CT molecular complexity index is 397. The molecule has 0 aromatic heterocycles. The molecule has 0 radical (unpaired) electrons. The summed E-state index contributed by atoms with van der Waals surface area (Å²) < 4.78 is 0.734. The van der Waals surface area contributed by atoms with Crippen LogP contribution in [-0.4, -0.2) is 10.6 Å². The van der Waals surface area contributed by atoms with E-state index in [0.717, 1.165) is 17.3 Å². The van der Waals surface area contributed by atoms with Gasteiger partial charge in [0.2, 0.25) is 0 Å². The van der Waals surface area contributed by atoms with Gasteiger partial charge in [-0.25, -0.2) is 0 Å². The van der Waals surface area contributed by atoms with E-state index in [1.54, 1.807) is 6.07 Å². The highest BCUT2D eigenvalue weighted by Crippen LogP contribution is 2.49. The third-order valence-electron chi connectivity index (χ3n) is 3.70. The summed E-state index contributed by atoms with van der Waals surface area (Å²) in [5.41, 5.74) is 7.34. The molecule has 0 atom stereocenters. The maximum absolute atomic E-state index is 9.45. The summed E-state index contributed by atoms with van der Waals surface area (Å²) >= 11 is 3.33. The van der Waals surface area contributed by atoms with Crippen molar-refractivity contribution >= 4 is 15.9 Å². The monoisotopic (exact) mass is 269 g/mol. The molecule has 0 aliphatic heterocycles. The average Bonchev–Trinajstić information content (AvgIpc) is 2.90. The first-order valence-electron chi connectivity index (χ1n) is 5.15. The highest BCUT2D eigenvalue weighted by atomic mass is 79.9. The van der Waals surface area contributed by atoms with Crippen molar-refractivity contribution in [2.75, 3.05) is 0 Å². The van der Waals surface area contributed by atoms with Crippen molar-refractivity contribution in [2.45, 2.75) is 37.6 Å². The molecule has 0 amide bonds. The first-order chi connectivity index (χ1) is 6.87. The van der Waals surface area contributed by atoms with Crippen molar-refractivity contribution in [3.05, 3.63) is 28.2 Å². The predicted octanol–water partition coefficient (Wildman–Crippen LogP) is 2.92. The van der Waals surface area contributed by atoms with Gasteiger partial charge in [-0.15, -0.1) is 0 Å². The summed E-state index contributed by atoms with van der Waals surface area (Å²) in [7, 11) is 0. The van der Waals surface area contributed by atoms with Gasteiger partial charge >= 0.3 is 0 Å². The smallest absolute Gasteiger partial charge is 0.129 e. The lowest BCUT2D eigenvalue weighted by atomic mass is 9.76. The van der Waals surface area contributed by atoms with Crippen molar-refractivity contribution in [1.82, 2.24) is 0 Å². The molecule has 1 aliphatic carbocycles. The Hall–Kier alpha value is -0.540. The van der Waals surface area contributed by atoms with E-state index in [-0.39, 0.29) is 16.7 Å². The third-order valence-corrected chi connectivity index (χ3v) is 4.34. The van der Waals surface area contributed by atoms with Gasteiger partial charge in [-0.2, -0.15) is 0 Å². The molecular formula is C12H16BrNO. The Morgan fingerprint density at radius 1 is 1.40 bits per heavy atom. The van der Waals surface area contributed by atoms with Crippen molar-refractivity contribution in [1.29, 1.82) is 0 Å². The van der Waals surface area contributed by atoms with Crippen molar-refractivity contribution in [2.24, 2.45) is 5.73 Å². The molecule has 1 saturated carbocycles. The van der Waals surface area contributed by atoms with Gasteiger partial charge in [0.15, 0.2) is 0 Å². The standard InChI is InChI=1S/C12H16BrNO/c1-11(2,12(14)5-6-12)8-3-4-10(15)9(13)7-8/h3-4,7,15H,5-6,14H2,1-2H3. The lowest BCUT2D eigenvalue weighted by molar-refractivity contribution is 0.390. The summed E-state index contributed by atoms with van der Waals surface area (Å²) in [6.07, 6.45) is 2.16. The maximum atomic E-state index is 9.45. The van der Waals surface area contributed by atoms with Gasteiger partial charge in [0, 0.05) is 11.0 Å². The number of hydrogen-bond acceptors (Lipinski definition) is 2. The van der Waals surface area contributed by atoms with Crippen molar-refractivity contribution in [3.8, 4) is 5.75 Å². The van der Waals surface area contributed by atoms with Gasteiger partial charge in [0.25, 0.3) is 0 Å². The van der Waals surface area contributed by atoms with Crippen molar-refractivity contribution in [3.63, 3.8) is 0 Å². The van der Waals surface area contributed by atoms with Gasteiger partial charge in [-0.1, -0.05) is 19.9 Å². The third kappa shape index (κ3) is 1.68. The van der Waals surface area contributed by atoms with Crippen LogP contribution in [0.5, 0.6) is 5.75 Å². The second kappa shape index (κ2) is 3.22. The SMILES string of the molecule is CC(C)(c1ccc(O)c(Br)c1)C1(N)CC1. The molecule has 3 N–H and O–H groups in total. The Labute approximate surface area is 98.6 Å². The Morgan fingerprint density at radius 3 is 2.47 bits per heavy atom. The first-order valence-corrected chi connectivity index (χ1v) is 5.94. The lowest BCUT2D eigenvalue weighted by Crippen LogP contribution is -2.43. The highest BCUT2D eigenvalue weighted by molar-refractivity contribution is 9.10. The summed E-state index contributed by atoms with van der Waals surface area (Å²) in [6, 6.07) is 5.63. The number of phenolic OH excluding ortho intramolecular Hbond substituents is 1. The van der Waals surface area contributed by atoms with Gasteiger partial charge in [-0.05, 0) is 46.5 Å². The summed E-state index contributed by atoms with van der Waals surface area (Å²) in [5.74, 6) is 0.274. The van der Waals surface area contributed by atoms with Crippen LogP contribution in [0.2, 0.25) is 0 Å². The molecule has 1 aromatic rings. The van der Waals surface area contributed by atoms with Crippen LogP contribution in [0.15, 0.2) is 22.7 Å². The fourth-order valence-electron chi connectivity index (χ4n) is 1.94. The highest BCUT2D eigenvalue weighted by Gasteiger charge is 2.51. The number of nitrogens with two attached hydrogens (primary N) is 1. The van der Waals surface area contributed by atoms with Crippen LogP contribution in [0.4, 0.5) is 0 Å². The van der Waals surface area contributed by atoms with Crippen LogP contribution in [0, 0.1) is 0 Å². The zero-order valence-electron chi connectivity index (χ0n) is 9.05. The molecule has 3 heteroatoms. The van der Waals surface area contributed by atoms with E-state index < -0.39 is 0 Å². The topological polar surface area (TPSA) is 46.2 Å². The molecule has 1 fully saturated rings. The molecule has 15 heavy (non-hydrogen) atoms. The fraction of sp³-hybridized carbons (Fsp3) is 0.500. The number of phenols is 1. The van der Waals surface area contributed by atoms with E-state index in [1.165, 1.54) is 5.56 Å². The summed E-state index contributed by atoms with van der Waals surface area (Å²) in [5, 5.41) is 9.45. The van der Waals surface area contributed by atoms with E-state index >= 15 is 0 Å². The molecule has 1 aliphatic rings. The molecule has 1 aromatic carbocycles. The van der Waals surface area contributed by atoms with E-state index in [1.807, 2.05) is 12.1 Å². The zero-order valence-corrected chi connectivity index (χ0v) is 10.6. The van der Waals surface area contributed by atoms with E-state index in [2.05, 4.69) is 29.8 Å². The number of aromatic hydroxyl groups is 1. The Kier molecular flexibility index (Phi) is 2.36. The second-order valence-electron chi connectivity index (χ2n) is 4.95. The molecular weight excluding hydrogens is 254 g/mol. The van der Waals surface area contributed by atoms with Gasteiger partial charge in [-0.3, -0.25) is 0 Å². The number of rotatable bonds is 2. The van der Waals surface area contributed by atoms with Crippen LogP contribution >= 0.6 is 15.9 Å². The van der Waals surface area contributed by atoms with E-state index in [4.69, 9.17) is 5.73 Å². The minimum atomic E-state index is -0.0661. The average molecular weight is 270 g/mol. The zero-order chi connectivity index (χ0) is 11.3. The fourth-order valence-corrected chi connectivity index (χ4v) is 2.32. The van der Waals surface area contributed by atoms with Crippen LogP contribution in [-0.2, 0) is 5.41 Å². The van der Waals surface area contributed by atoms with Gasteiger partial charge in [0.1, 0.15) is 5.75 Å². The minimum Gasteiger partial charge on any atom is -0.507 e. The molecule has 0 spiro atoms. The molecule has 0 saturated heterocycles. The number of halogens is 1. The van der Waals surface area contributed by atoms with Crippen LogP contribution in [0.3, 0.4) is 0 Å². The van der Waals surface area contributed by atoms with E-state index in [9.17, 15) is 5.11 Å². The number of benzene rings is 1.